The van der Waals surface area contributed by atoms with Gasteiger partial charge in [-0.05, 0) is 25.8 Å². The number of benzene rings is 1. The molecule has 2 rings (SSSR count). The lowest BCUT2D eigenvalue weighted by atomic mass is 10.0. The molecule has 0 aromatic heterocycles. The number of aryl methyl sites for hydroxylation is 1. The number of nitrogens with one attached hydrogen (secondary N) is 1. The molecule has 0 radical (unpaired) electrons. The van der Waals surface area contributed by atoms with Crippen molar-refractivity contribution in [3.63, 3.8) is 0 Å². The van der Waals surface area contributed by atoms with Crippen molar-refractivity contribution in [3.05, 3.63) is 35.4 Å². The molecule has 1 aromatic carbocycles. The Labute approximate surface area is 140 Å². The Bertz CT molecular complexity index is 498. The second-order valence-electron chi connectivity index (χ2n) is 6.56. The van der Waals surface area contributed by atoms with Gasteiger partial charge in [-0.1, -0.05) is 36.8 Å². The summed E-state index contributed by atoms with van der Waals surface area (Å²) in [5.41, 5.74) is 2.66. The Morgan fingerprint density at radius 1 is 1.39 bits per heavy atom. The molecule has 4 nitrogen and oxygen atoms in total. The van der Waals surface area contributed by atoms with E-state index in [1.807, 2.05) is 0 Å². The highest BCUT2D eigenvalue weighted by Crippen LogP contribution is 2.18. The number of guanidine groups is 1. The van der Waals surface area contributed by atoms with E-state index in [0.29, 0.717) is 11.8 Å². The fourth-order valence-electron chi connectivity index (χ4n) is 3.05. The maximum Gasteiger partial charge on any atom is 0.193 e. The van der Waals surface area contributed by atoms with Gasteiger partial charge < -0.3 is 15.0 Å². The molecule has 2 atom stereocenters. The van der Waals surface area contributed by atoms with Crippen LogP contribution in [0.4, 0.5) is 0 Å². The van der Waals surface area contributed by atoms with Crippen molar-refractivity contribution in [1.29, 1.82) is 0 Å². The van der Waals surface area contributed by atoms with Crippen LogP contribution >= 0.6 is 0 Å². The molecule has 1 N–H and O–H groups in total. The molecule has 0 amide bonds. The van der Waals surface area contributed by atoms with Gasteiger partial charge in [0.1, 0.15) is 0 Å². The first-order valence-electron chi connectivity index (χ1n) is 8.72. The van der Waals surface area contributed by atoms with Crippen LogP contribution in [0.1, 0.15) is 37.3 Å². The third kappa shape index (κ3) is 5.24. The van der Waals surface area contributed by atoms with Gasteiger partial charge in [0.05, 0.1) is 6.61 Å². The Balaban J connectivity index is 1.97. The summed E-state index contributed by atoms with van der Waals surface area (Å²) >= 11 is 0. The van der Waals surface area contributed by atoms with Crippen LogP contribution in [0.2, 0.25) is 0 Å². The summed E-state index contributed by atoms with van der Waals surface area (Å²) in [5, 5.41) is 3.44. The summed E-state index contributed by atoms with van der Waals surface area (Å²) in [7, 11) is 1.78. The minimum absolute atomic E-state index is 0.432. The standard InChI is InChI=1S/C19H31N3O/c1-5-20-19(22-11-10-17(13-22)14-23-4)21-12-16(3)18-8-6-15(2)7-9-18/h6-9,16-17H,5,10-14H2,1-4H3,(H,20,21). The van der Waals surface area contributed by atoms with Gasteiger partial charge in [-0.15, -0.1) is 0 Å². The van der Waals surface area contributed by atoms with Gasteiger partial charge in [-0.25, -0.2) is 0 Å². The molecule has 0 saturated carbocycles. The predicted molar refractivity (Wildman–Crippen MR) is 97.1 cm³/mol. The summed E-state index contributed by atoms with van der Waals surface area (Å²) in [6, 6.07) is 8.78. The summed E-state index contributed by atoms with van der Waals surface area (Å²) < 4.78 is 5.29. The third-order valence-electron chi connectivity index (χ3n) is 4.48. The predicted octanol–water partition coefficient (Wildman–Crippen LogP) is 3.03. The van der Waals surface area contributed by atoms with E-state index < -0.39 is 0 Å². The molecule has 0 aliphatic carbocycles. The van der Waals surface area contributed by atoms with Crippen molar-refractivity contribution in [2.24, 2.45) is 10.9 Å². The Morgan fingerprint density at radius 3 is 2.78 bits per heavy atom. The van der Waals surface area contributed by atoms with E-state index in [1.54, 1.807) is 7.11 Å². The largest absolute Gasteiger partial charge is 0.384 e. The van der Waals surface area contributed by atoms with Gasteiger partial charge in [0.2, 0.25) is 0 Å². The summed E-state index contributed by atoms with van der Waals surface area (Å²) in [6.45, 7) is 11.2. The molecule has 128 valence electrons. The van der Waals surface area contributed by atoms with Crippen LogP contribution in [0.5, 0.6) is 0 Å². The van der Waals surface area contributed by atoms with Crippen LogP contribution in [0, 0.1) is 12.8 Å². The van der Waals surface area contributed by atoms with Gasteiger partial charge in [-0.3, -0.25) is 4.99 Å². The van der Waals surface area contributed by atoms with Gasteiger partial charge in [0.25, 0.3) is 0 Å². The van der Waals surface area contributed by atoms with E-state index in [1.165, 1.54) is 17.5 Å². The van der Waals surface area contributed by atoms with Crippen LogP contribution in [0.3, 0.4) is 0 Å². The number of hydrogen-bond acceptors (Lipinski definition) is 2. The van der Waals surface area contributed by atoms with Crippen molar-refractivity contribution >= 4 is 5.96 Å². The number of likely N-dealkylation sites (tertiary alicyclic amines) is 1. The minimum Gasteiger partial charge on any atom is -0.384 e. The van der Waals surface area contributed by atoms with E-state index in [9.17, 15) is 0 Å². The lowest BCUT2D eigenvalue weighted by molar-refractivity contribution is 0.157. The molecule has 1 aliphatic heterocycles. The molecule has 1 heterocycles. The fraction of sp³-hybridized carbons (Fsp3) is 0.632. The van der Waals surface area contributed by atoms with E-state index in [4.69, 9.17) is 9.73 Å². The third-order valence-corrected chi connectivity index (χ3v) is 4.48. The molecular formula is C19H31N3O. The number of ether oxygens (including phenoxy) is 1. The summed E-state index contributed by atoms with van der Waals surface area (Å²) in [6.07, 6.45) is 1.19. The molecular weight excluding hydrogens is 286 g/mol. The van der Waals surface area contributed by atoms with Crippen LogP contribution < -0.4 is 5.32 Å². The monoisotopic (exact) mass is 317 g/mol. The minimum atomic E-state index is 0.432. The number of methoxy groups -OCH3 is 1. The second kappa shape index (κ2) is 8.92. The first-order valence-corrected chi connectivity index (χ1v) is 8.72. The highest BCUT2D eigenvalue weighted by atomic mass is 16.5. The van der Waals surface area contributed by atoms with Crippen LogP contribution in [-0.4, -0.2) is 50.8 Å². The van der Waals surface area contributed by atoms with Crippen molar-refractivity contribution < 1.29 is 4.74 Å². The number of hydrogen-bond donors (Lipinski definition) is 1. The Morgan fingerprint density at radius 2 is 2.13 bits per heavy atom. The lowest BCUT2D eigenvalue weighted by Crippen LogP contribution is -2.40. The van der Waals surface area contributed by atoms with Crippen LogP contribution in [0.15, 0.2) is 29.3 Å². The van der Waals surface area contributed by atoms with E-state index in [0.717, 1.165) is 38.7 Å². The van der Waals surface area contributed by atoms with E-state index in [-0.39, 0.29) is 0 Å². The SMILES string of the molecule is CCNC(=NCC(C)c1ccc(C)cc1)N1CCC(COC)C1. The maximum absolute atomic E-state index is 5.29. The molecule has 4 heteroatoms. The first-order chi connectivity index (χ1) is 11.1. The molecule has 1 fully saturated rings. The normalized spacial score (nSPS) is 19.9. The number of aliphatic imine (C=N–C) groups is 1. The van der Waals surface area contributed by atoms with Crippen molar-refractivity contribution in [1.82, 2.24) is 10.2 Å². The van der Waals surface area contributed by atoms with E-state index >= 15 is 0 Å². The van der Waals surface area contributed by atoms with Gasteiger partial charge >= 0.3 is 0 Å². The smallest absolute Gasteiger partial charge is 0.193 e. The average Bonchev–Trinajstić information content (AvgIpc) is 3.00. The quantitative estimate of drug-likeness (QED) is 0.647. The zero-order valence-electron chi connectivity index (χ0n) is 15.0. The number of nitrogens with zero attached hydrogens (tertiary/aromatic N) is 2. The molecule has 0 bridgehead atoms. The van der Waals surface area contributed by atoms with Gasteiger partial charge in [0, 0.05) is 45.1 Å². The average molecular weight is 317 g/mol. The van der Waals surface area contributed by atoms with Gasteiger partial charge in [-0.2, -0.15) is 0 Å². The maximum atomic E-state index is 5.29. The molecule has 0 spiro atoms. The van der Waals surface area contributed by atoms with Gasteiger partial charge in [0.15, 0.2) is 5.96 Å². The second-order valence-corrected chi connectivity index (χ2v) is 6.56. The topological polar surface area (TPSA) is 36.9 Å². The van der Waals surface area contributed by atoms with Crippen LogP contribution in [0.25, 0.3) is 0 Å². The fourth-order valence-corrected chi connectivity index (χ4v) is 3.05. The van der Waals surface area contributed by atoms with Crippen molar-refractivity contribution in [2.45, 2.75) is 33.1 Å². The van der Waals surface area contributed by atoms with Crippen molar-refractivity contribution in [3.8, 4) is 0 Å². The summed E-state index contributed by atoms with van der Waals surface area (Å²) in [4.78, 5) is 7.25. The Hall–Kier alpha value is -1.55. The molecule has 2 unspecified atom stereocenters. The highest BCUT2D eigenvalue weighted by molar-refractivity contribution is 5.80. The lowest BCUT2D eigenvalue weighted by Gasteiger charge is -2.22. The van der Waals surface area contributed by atoms with Crippen LogP contribution in [-0.2, 0) is 4.74 Å². The molecule has 1 saturated heterocycles. The zero-order valence-corrected chi connectivity index (χ0v) is 15.0. The number of rotatable bonds is 6. The highest BCUT2D eigenvalue weighted by Gasteiger charge is 2.24. The molecule has 1 aliphatic rings. The first kappa shape index (κ1) is 17.8. The van der Waals surface area contributed by atoms with Crippen molar-refractivity contribution in [2.75, 3.05) is 39.9 Å². The molecule has 1 aromatic rings. The Kier molecular flexibility index (Phi) is 6.90. The zero-order chi connectivity index (χ0) is 16.7. The molecule has 23 heavy (non-hydrogen) atoms. The van der Waals surface area contributed by atoms with E-state index in [2.05, 4.69) is 55.3 Å². The summed E-state index contributed by atoms with van der Waals surface area (Å²) in [5.74, 6) is 2.10.